The van der Waals surface area contributed by atoms with Crippen molar-refractivity contribution in [2.45, 2.75) is 19.3 Å². The van der Waals surface area contributed by atoms with Crippen LogP contribution in [0.25, 0.3) is 0 Å². The first-order chi connectivity index (χ1) is 13.1. The summed E-state index contributed by atoms with van der Waals surface area (Å²) in [6.45, 7) is 1.46. The molecule has 6 heteroatoms. The molecular weight excluding hydrogens is 344 g/mol. The van der Waals surface area contributed by atoms with Crippen molar-refractivity contribution < 1.29 is 19.4 Å². The minimum atomic E-state index is -0.158. The SMILES string of the molecule is O=C(Nc1ccccc1O)C1CCN(C(=O)CCOc2ccccc2)CC1. The van der Waals surface area contributed by atoms with Crippen LogP contribution in [0.3, 0.4) is 0 Å². The number of hydrogen-bond donors (Lipinski definition) is 2. The van der Waals surface area contributed by atoms with Crippen LogP contribution in [-0.2, 0) is 9.59 Å². The number of nitrogens with zero attached hydrogens (tertiary/aromatic N) is 1. The lowest BCUT2D eigenvalue weighted by atomic mass is 9.95. The molecule has 0 radical (unpaired) electrons. The van der Waals surface area contributed by atoms with Gasteiger partial charge in [-0.05, 0) is 37.1 Å². The lowest BCUT2D eigenvalue weighted by molar-refractivity contribution is -0.135. The second-order valence-corrected chi connectivity index (χ2v) is 6.57. The highest BCUT2D eigenvalue weighted by molar-refractivity contribution is 5.94. The second kappa shape index (κ2) is 9.07. The smallest absolute Gasteiger partial charge is 0.227 e. The van der Waals surface area contributed by atoms with Crippen molar-refractivity contribution in [3.05, 3.63) is 54.6 Å². The molecule has 0 bridgehead atoms. The van der Waals surface area contributed by atoms with Gasteiger partial charge in [0.25, 0.3) is 0 Å². The van der Waals surface area contributed by atoms with Gasteiger partial charge >= 0.3 is 0 Å². The summed E-state index contributed by atoms with van der Waals surface area (Å²) in [5, 5.41) is 12.5. The van der Waals surface area contributed by atoms with Crippen molar-refractivity contribution in [1.82, 2.24) is 4.90 Å². The van der Waals surface area contributed by atoms with E-state index in [0.717, 1.165) is 5.75 Å². The standard InChI is InChI=1S/C21H24N2O4/c24-19-9-5-4-8-18(19)22-21(26)16-10-13-23(14-11-16)20(25)12-15-27-17-6-2-1-3-7-17/h1-9,16,24H,10-15H2,(H,22,26). The van der Waals surface area contributed by atoms with Crippen molar-refractivity contribution in [3.63, 3.8) is 0 Å². The molecule has 27 heavy (non-hydrogen) atoms. The number of nitrogens with one attached hydrogen (secondary N) is 1. The number of anilines is 1. The van der Waals surface area contributed by atoms with Gasteiger partial charge in [-0.3, -0.25) is 9.59 Å². The number of likely N-dealkylation sites (tertiary alicyclic amines) is 1. The van der Waals surface area contributed by atoms with Crippen LogP contribution in [-0.4, -0.2) is 41.5 Å². The summed E-state index contributed by atoms with van der Waals surface area (Å²) in [5.41, 5.74) is 0.416. The first kappa shape index (κ1) is 18.8. The fourth-order valence-electron chi connectivity index (χ4n) is 3.14. The Kier molecular flexibility index (Phi) is 6.30. The molecule has 2 aromatic carbocycles. The van der Waals surface area contributed by atoms with Gasteiger partial charge in [0.1, 0.15) is 11.5 Å². The molecule has 1 aliphatic rings. The Morgan fingerprint density at radius 1 is 1.04 bits per heavy atom. The van der Waals surface area contributed by atoms with Crippen LogP contribution >= 0.6 is 0 Å². The third-order valence-corrected chi connectivity index (χ3v) is 4.71. The highest BCUT2D eigenvalue weighted by atomic mass is 16.5. The normalized spacial score (nSPS) is 14.6. The maximum absolute atomic E-state index is 12.4. The molecule has 1 fully saturated rings. The number of piperidine rings is 1. The molecule has 3 rings (SSSR count). The van der Waals surface area contributed by atoms with Gasteiger partial charge in [0.05, 0.1) is 18.7 Å². The summed E-state index contributed by atoms with van der Waals surface area (Å²) >= 11 is 0. The molecule has 0 atom stereocenters. The molecular formula is C21H24N2O4. The summed E-state index contributed by atoms with van der Waals surface area (Å²) in [6, 6.07) is 16.1. The van der Waals surface area contributed by atoms with Crippen LogP contribution in [0.15, 0.2) is 54.6 Å². The van der Waals surface area contributed by atoms with Crippen molar-refractivity contribution in [1.29, 1.82) is 0 Å². The van der Waals surface area contributed by atoms with Gasteiger partial charge in [-0.25, -0.2) is 0 Å². The second-order valence-electron chi connectivity index (χ2n) is 6.57. The van der Waals surface area contributed by atoms with Crippen LogP contribution < -0.4 is 10.1 Å². The molecule has 6 nitrogen and oxygen atoms in total. The minimum Gasteiger partial charge on any atom is -0.506 e. The number of aromatic hydroxyl groups is 1. The lowest BCUT2D eigenvalue weighted by Gasteiger charge is -2.31. The van der Waals surface area contributed by atoms with Crippen LogP contribution in [0.1, 0.15) is 19.3 Å². The number of hydrogen-bond acceptors (Lipinski definition) is 4. The Labute approximate surface area is 158 Å². The molecule has 0 aliphatic carbocycles. The summed E-state index contributed by atoms with van der Waals surface area (Å²) in [7, 11) is 0. The van der Waals surface area contributed by atoms with Crippen LogP contribution in [0, 0.1) is 5.92 Å². The predicted molar refractivity (Wildman–Crippen MR) is 103 cm³/mol. The first-order valence-electron chi connectivity index (χ1n) is 9.18. The Hall–Kier alpha value is -3.02. The van der Waals surface area contributed by atoms with E-state index in [2.05, 4.69) is 5.32 Å². The number of amides is 2. The van der Waals surface area contributed by atoms with E-state index >= 15 is 0 Å². The molecule has 0 unspecified atom stereocenters. The monoisotopic (exact) mass is 368 g/mol. The van der Waals surface area contributed by atoms with Gasteiger partial charge < -0.3 is 20.1 Å². The Bertz CT molecular complexity index is 771. The molecule has 142 valence electrons. The summed E-state index contributed by atoms with van der Waals surface area (Å²) in [4.78, 5) is 26.5. The topological polar surface area (TPSA) is 78.9 Å². The Morgan fingerprint density at radius 2 is 1.70 bits per heavy atom. The zero-order valence-corrected chi connectivity index (χ0v) is 15.1. The molecule has 0 spiro atoms. The van der Waals surface area contributed by atoms with Crippen molar-refractivity contribution in [2.75, 3.05) is 25.0 Å². The van der Waals surface area contributed by atoms with E-state index in [9.17, 15) is 14.7 Å². The third-order valence-electron chi connectivity index (χ3n) is 4.71. The Balaban J connectivity index is 1.41. The van der Waals surface area contributed by atoms with E-state index in [1.165, 1.54) is 6.07 Å². The largest absolute Gasteiger partial charge is 0.506 e. The predicted octanol–water partition coefficient (Wildman–Crippen LogP) is 3.04. The number of carbonyl (C=O) groups is 2. The van der Waals surface area contributed by atoms with Gasteiger partial charge in [0.2, 0.25) is 11.8 Å². The van der Waals surface area contributed by atoms with Crippen LogP contribution in [0.2, 0.25) is 0 Å². The molecule has 1 saturated heterocycles. The molecule has 1 heterocycles. The average molecular weight is 368 g/mol. The maximum Gasteiger partial charge on any atom is 0.227 e. The van der Waals surface area contributed by atoms with E-state index in [-0.39, 0.29) is 23.5 Å². The quantitative estimate of drug-likeness (QED) is 0.768. The number of benzene rings is 2. The molecule has 0 aromatic heterocycles. The number of rotatable bonds is 6. The van der Waals surface area contributed by atoms with Crippen LogP contribution in [0.5, 0.6) is 11.5 Å². The zero-order chi connectivity index (χ0) is 19.1. The summed E-state index contributed by atoms with van der Waals surface area (Å²) in [6.07, 6.45) is 1.55. The first-order valence-corrected chi connectivity index (χ1v) is 9.18. The number of carbonyl (C=O) groups excluding carboxylic acids is 2. The molecule has 2 aromatic rings. The van der Waals surface area contributed by atoms with Crippen molar-refractivity contribution in [2.24, 2.45) is 5.92 Å². The highest BCUT2D eigenvalue weighted by Gasteiger charge is 2.27. The van der Waals surface area contributed by atoms with Gasteiger partial charge in [-0.1, -0.05) is 30.3 Å². The molecule has 2 amide bonds. The maximum atomic E-state index is 12.4. The molecule has 2 N–H and O–H groups in total. The van der Waals surface area contributed by atoms with Gasteiger partial charge in [-0.15, -0.1) is 0 Å². The summed E-state index contributed by atoms with van der Waals surface area (Å²) in [5.74, 6) is 0.581. The van der Waals surface area contributed by atoms with Gasteiger partial charge in [-0.2, -0.15) is 0 Å². The van der Waals surface area contributed by atoms with E-state index in [1.54, 1.807) is 23.1 Å². The van der Waals surface area contributed by atoms with E-state index < -0.39 is 0 Å². The molecule has 0 saturated carbocycles. The zero-order valence-electron chi connectivity index (χ0n) is 15.1. The van der Waals surface area contributed by atoms with E-state index in [4.69, 9.17) is 4.74 Å². The summed E-state index contributed by atoms with van der Waals surface area (Å²) < 4.78 is 5.57. The lowest BCUT2D eigenvalue weighted by Crippen LogP contribution is -2.41. The number of phenolic OH excluding ortho intramolecular Hbond substituents is 1. The van der Waals surface area contributed by atoms with E-state index in [1.807, 2.05) is 30.3 Å². The van der Waals surface area contributed by atoms with Crippen molar-refractivity contribution >= 4 is 17.5 Å². The van der Waals surface area contributed by atoms with Crippen LogP contribution in [0.4, 0.5) is 5.69 Å². The van der Waals surface area contributed by atoms with Gasteiger partial charge in [0.15, 0.2) is 0 Å². The number of ether oxygens (including phenoxy) is 1. The van der Waals surface area contributed by atoms with Gasteiger partial charge in [0, 0.05) is 19.0 Å². The number of phenols is 1. The Morgan fingerprint density at radius 3 is 2.41 bits per heavy atom. The third kappa shape index (κ3) is 5.23. The number of para-hydroxylation sites is 3. The minimum absolute atomic E-state index is 0.0468. The average Bonchev–Trinajstić information content (AvgIpc) is 2.70. The van der Waals surface area contributed by atoms with Crippen molar-refractivity contribution in [3.8, 4) is 11.5 Å². The highest BCUT2D eigenvalue weighted by Crippen LogP contribution is 2.25. The van der Waals surface area contributed by atoms with E-state index in [0.29, 0.717) is 44.6 Å². The fourth-order valence-corrected chi connectivity index (χ4v) is 3.14. The molecule has 1 aliphatic heterocycles. The fraction of sp³-hybridized carbons (Fsp3) is 0.333.